The maximum absolute atomic E-state index is 13.4. The number of hydrogen-bond acceptors (Lipinski definition) is 4. The lowest BCUT2D eigenvalue weighted by molar-refractivity contribution is -0.138. The molecule has 0 radical (unpaired) electrons. The molecule has 0 amide bonds. The van der Waals surface area contributed by atoms with E-state index in [1.165, 1.54) is 30.3 Å². The Hall–Kier alpha value is -3.35. The number of benzene rings is 3. The highest BCUT2D eigenvalue weighted by molar-refractivity contribution is 5.50. The summed E-state index contributed by atoms with van der Waals surface area (Å²) in [6.45, 7) is 0. The number of nitrogen functional groups attached to an aromatic ring is 2. The second-order valence-corrected chi connectivity index (χ2v) is 5.50. The van der Waals surface area contributed by atoms with E-state index in [4.69, 9.17) is 20.9 Å². The van der Waals surface area contributed by atoms with Crippen LogP contribution in [-0.2, 0) is 6.18 Å². The summed E-state index contributed by atoms with van der Waals surface area (Å²) in [6.07, 6.45) is -4.62. The highest BCUT2D eigenvalue weighted by Crippen LogP contribution is 2.41. The van der Waals surface area contributed by atoms with Crippen molar-refractivity contribution in [1.29, 1.82) is 0 Å². The van der Waals surface area contributed by atoms with Gasteiger partial charge in [0.05, 0.1) is 0 Å². The Morgan fingerprint density at radius 3 is 1.73 bits per heavy atom. The smallest absolute Gasteiger partial charge is 0.420 e. The first-order valence-electron chi connectivity index (χ1n) is 7.59. The monoisotopic (exact) mass is 360 g/mol. The molecule has 0 aliphatic rings. The molecule has 0 bridgehead atoms. The summed E-state index contributed by atoms with van der Waals surface area (Å²) in [7, 11) is 0. The fourth-order valence-corrected chi connectivity index (χ4v) is 2.30. The van der Waals surface area contributed by atoms with Crippen LogP contribution in [0.1, 0.15) is 5.56 Å². The molecule has 0 atom stereocenters. The number of ether oxygens (including phenoxy) is 2. The average molecular weight is 360 g/mol. The van der Waals surface area contributed by atoms with Crippen LogP contribution >= 0.6 is 0 Å². The largest absolute Gasteiger partial charge is 0.457 e. The molecular weight excluding hydrogens is 345 g/mol. The fourth-order valence-electron chi connectivity index (χ4n) is 2.30. The Labute approximate surface area is 147 Å². The van der Waals surface area contributed by atoms with Gasteiger partial charge in [0.2, 0.25) is 0 Å². The van der Waals surface area contributed by atoms with Crippen molar-refractivity contribution >= 4 is 11.4 Å². The van der Waals surface area contributed by atoms with E-state index in [9.17, 15) is 13.2 Å². The van der Waals surface area contributed by atoms with E-state index >= 15 is 0 Å². The van der Waals surface area contributed by atoms with E-state index in [1.54, 1.807) is 30.3 Å². The molecule has 0 unspecified atom stereocenters. The van der Waals surface area contributed by atoms with Crippen LogP contribution in [0.2, 0.25) is 0 Å². The summed E-state index contributed by atoms with van der Waals surface area (Å²) >= 11 is 0. The van der Waals surface area contributed by atoms with E-state index < -0.39 is 11.7 Å². The van der Waals surface area contributed by atoms with Crippen molar-refractivity contribution in [1.82, 2.24) is 0 Å². The molecule has 0 saturated carbocycles. The van der Waals surface area contributed by atoms with Gasteiger partial charge in [-0.3, -0.25) is 0 Å². The van der Waals surface area contributed by atoms with Gasteiger partial charge in [-0.25, -0.2) is 0 Å². The number of hydrogen-bond donors (Lipinski definition) is 2. The van der Waals surface area contributed by atoms with Crippen LogP contribution < -0.4 is 20.9 Å². The van der Waals surface area contributed by atoms with Crippen LogP contribution in [0.15, 0.2) is 66.7 Å². The molecule has 0 aromatic heterocycles. The van der Waals surface area contributed by atoms with Gasteiger partial charge in [-0.1, -0.05) is 12.1 Å². The lowest BCUT2D eigenvalue weighted by atomic mass is 10.1. The summed E-state index contributed by atoms with van der Waals surface area (Å²) in [5.41, 5.74) is 11.1. The summed E-state index contributed by atoms with van der Waals surface area (Å²) in [6, 6.07) is 16.0. The predicted octanol–water partition coefficient (Wildman–Crippen LogP) is 5.45. The quantitative estimate of drug-likeness (QED) is 0.607. The molecule has 0 spiro atoms. The second kappa shape index (κ2) is 6.87. The predicted molar refractivity (Wildman–Crippen MR) is 93.3 cm³/mol. The van der Waals surface area contributed by atoms with Crippen molar-refractivity contribution in [2.75, 3.05) is 11.5 Å². The van der Waals surface area contributed by atoms with Gasteiger partial charge in [0.15, 0.2) is 0 Å². The topological polar surface area (TPSA) is 70.5 Å². The Balaban J connectivity index is 1.93. The maximum atomic E-state index is 13.4. The minimum atomic E-state index is -4.62. The second-order valence-electron chi connectivity index (χ2n) is 5.50. The SMILES string of the molecule is Nc1cccc(Oc2ccc(Oc3cccc(N)c3)c(C(F)(F)F)c2)c1. The number of halogens is 3. The highest BCUT2D eigenvalue weighted by Gasteiger charge is 2.35. The third-order valence-electron chi connectivity index (χ3n) is 3.44. The molecule has 134 valence electrons. The molecule has 26 heavy (non-hydrogen) atoms. The van der Waals surface area contributed by atoms with E-state index in [2.05, 4.69) is 0 Å². The third kappa shape index (κ3) is 4.18. The summed E-state index contributed by atoms with van der Waals surface area (Å²) in [5, 5.41) is 0. The molecule has 0 fully saturated rings. The molecule has 3 aromatic carbocycles. The van der Waals surface area contributed by atoms with E-state index in [-0.39, 0.29) is 17.2 Å². The summed E-state index contributed by atoms with van der Waals surface area (Å²) in [5.74, 6) is 0.216. The van der Waals surface area contributed by atoms with Gasteiger partial charge in [0.25, 0.3) is 0 Å². The van der Waals surface area contributed by atoms with Crippen LogP contribution in [0.25, 0.3) is 0 Å². The lowest BCUT2D eigenvalue weighted by Gasteiger charge is -2.16. The van der Waals surface area contributed by atoms with Crippen molar-refractivity contribution in [3.8, 4) is 23.0 Å². The van der Waals surface area contributed by atoms with E-state index in [1.807, 2.05) is 0 Å². The molecule has 0 saturated heterocycles. The number of nitrogens with two attached hydrogens (primary N) is 2. The van der Waals surface area contributed by atoms with Crippen molar-refractivity contribution in [2.24, 2.45) is 0 Å². The number of anilines is 2. The van der Waals surface area contributed by atoms with Crippen molar-refractivity contribution in [3.05, 3.63) is 72.3 Å². The zero-order valence-electron chi connectivity index (χ0n) is 13.5. The van der Waals surface area contributed by atoms with Gasteiger partial charge in [-0.05, 0) is 42.5 Å². The molecule has 3 aromatic rings. The van der Waals surface area contributed by atoms with Crippen LogP contribution in [0.4, 0.5) is 24.5 Å². The van der Waals surface area contributed by atoms with Gasteiger partial charge < -0.3 is 20.9 Å². The molecular formula is C19H15F3N2O2. The normalized spacial score (nSPS) is 11.2. The molecule has 4 nitrogen and oxygen atoms in total. The van der Waals surface area contributed by atoms with Gasteiger partial charge in [-0.15, -0.1) is 0 Å². The molecule has 3 rings (SSSR count). The summed E-state index contributed by atoms with van der Waals surface area (Å²) < 4.78 is 51.1. The summed E-state index contributed by atoms with van der Waals surface area (Å²) in [4.78, 5) is 0. The van der Waals surface area contributed by atoms with Crippen LogP contribution in [0.5, 0.6) is 23.0 Å². The van der Waals surface area contributed by atoms with E-state index in [0.717, 1.165) is 6.07 Å². The lowest BCUT2D eigenvalue weighted by Crippen LogP contribution is -2.07. The van der Waals surface area contributed by atoms with Crippen LogP contribution in [-0.4, -0.2) is 0 Å². The van der Waals surface area contributed by atoms with Crippen molar-refractivity contribution < 1.29 is 22.6 Å². The Morgan fingerprint density at radius 2 is 1.19 bits per heavy atom. The molecule has 0 heterocycles. The Morgan fingerprint density at radius 1 is 0.654 bits per heavy atom. The zero-order chi connectivity index (χ0) is 18.7. The first-order chi connectivity index (χ1) is 12.3. The fraction of sp³-hybridized carbons (Fsp3) is 0.0526. The molecule has 0 aliphatic heterocycles. The van der Waals surface area contributed by atoms with Gasteiger partial charge >= 0.3 is 6.18 Å². The standard InChI is InChI=1S/C19H15F3N2O2/c20-19(21,22)17-11-16(25-14-5-1-3-12(23)9-14)7-8-18(17)26-15-6-2-4-13(24)10-15/h1-11H,23-24H2. The van der Waals surface area contributed by atoms with Crippen LogP contribution in [0.3, 0.4) is 0 Å². The molecule has 4 N–H and O–H groups in total. The number of alkyl halides is 3. The first kappa shape index (κ1) is 17.5. The number of rotatable bonds is 4. The highest BCUT2D eigenvalue weighted by atomic mass is 19.4. The zero-order valence-corrected chi connectivity index (χ0v) is 13.5. The van der Waals surface area contributed by atoms with Gasteiger partial charge in [0, 0.05) is 23.5 Å². The van der Waals surface area contributed by atoms with Gasteiger partial charge in [-0.2, -0.15) is 13.2 Å². The third-order valence-corrected chi connectivity index (χ3v) is 3.44. The molecule has 7 heteroatoms. The minimum absolute atomic E-state index is 0.0165. The first-order valence-corrected chi connectivity index (χ1v) is 7.59. The van der Waals surface area contributed by atoms with Gasteiger partial charge in [0.1, 0.15) is 28.6 Å². The average Bonchev–Trinajstić information content (AvgIpc) is 2.55. The minimum Gasteiger partial charge on any atom is -0.457 e. The Bertz CT molecular complexity index is 927. The maximum Gasteiger partial charge on any atom is 0.420 e. The van der Waals surface area contributed by atoms with Crippen molar-refractivity contribution in [2.45, 2.75) is 6.18 Å². The van der Waals surface area contributed by atoms with Crippen LogP contribution in [0, 0.1) is 0 Å². The molecule has 0 aliphatic carbocycles. The Kier molecular flexibility index (Phi) is 4.62. The van der Waals surface area contributed by atoms with E-state index in [0.29, 0.717) is 17.1 Å². The van der Waals surface area contributed by atoms with Crippen molar-refractivity contribution in [3.63, 3.8) is 0 Å².